The van der Waals surface area contributed by atoms with E-state index in [1.807, 2.05) is 37.3 Å². The molecule has 9 nitrogen and oxygen atoms in total. The molecule has 3 atom stereocenters. The molecule has 4 rings (SSSR count). The number of anilines is 2. The number of ether oxygens (including phenoxy) is 1. The molecule has 3 aromatic carbocycles. The van der Waals surface area contributed by atoms with E-state index in [0.29, 0.717) is 5.69 Å². The monoisotopic (exact) mass is 612 g/mol. The van der Waals surface area contributed by atoms with Crippen LogP contribution in [0.25, 0.3) is 0 Å². The average Bonchev–Trinajstić information content (AvgIpc) is 2.99. The van der Waals surface area contributed by atoms with Crippen molar-refractivity contribution in [1.82, 2.24) is 9.80 Å². The molecule has 0 unspecified atom stereocenters. The second-order valence-electron chi connectivity index (χ2n) is 10.9. The summed E-state index contributed by atoms with van der Waals surface area (Å²) >= 11 is 0. The van der Waals surface area contributed by atoms with E-state index in [4.69, 9.17) is 4.74 Å². The van der Waals surface area contributed by atoms with Crippen LogP contribution in [0.2, 0.25) is 0 Å². The fraction of sp³-hybridized carbons (Fsp3) is 0.344. The van der Waals surface area contributed by atoms with Crippen LogP contribution in [0.5, 0.6) is 5.75 Å². The molecule has 0 aromatic heterocycles. The number of rotatable bonds is 8. The molecule has 3 aromatic rings. The van der Waals surface area contributed by atoms with Crippen LogP contribution in [0.3, 0.4) is 0 Å². The number of urea groups is 1. The number of fused-ring (bicyclic) bond motifs is 1. The van der Waals surface area contributed by atoms with E-state index < -0.39 is 29.9 Å². The molecule has 0 fully saturated rings. The zero-order valence-corrected chi connectivity index (χ0v) is 24.6. The molecule has 3 N–H and O–H groups in total. The first-order valence-corrected chi connectivity index (χ1v) is 14.1. The smallest absolute Gasteiger partial charge is 0.416 e. The number of nitrogens with one attached hydrogen (secondary N) is 2. The van der Waals surface area contributed by atoms with Crippen LogP contribution in [0.15, 0.2) is 72.8 Å². The second kappa shape index (κ2) is 13.8. The van der Waals surface area contributed by atoms with Crippen LogP contribution in [-0.4, -0.2) is 71.6 Å². The Morgan fingerprint density at radius 1 is 1.05 bits per heavy atom. The number of hydrogen-bond acceptors (Lipinski definition) is 5. The van der Waals surface area contributed by atoms with Crippen LogP contribution >= 0.6 is 0 Å². The molecular weight excluding hydrogens is 577 g/mol. The number of alkyl halides is 3. The standard InChI is InChI=1S/C32H35F3N4O5/c1-20-17-39(21(2)19-40)30(42)26-16-25(36-29(41)15-22-7-5-4-6-8-22)13-14-27(26)44-28(20)18-38(3)31(43)37-24-11-9-23(10-12-24)32(33,34)35/h4-14,16,20-21,28,40H,15,17-19H2,1-3H3,(H,36,41)(H,37,43)/t20-,21+,28+/m0/s1. The summed E-state index contributed by atoms with van der Waals surface area (Å²) < 4.78 is 45.0. The van der Waals surface area contributed by atoms with Gasteiger partial charge in [0.25, 0.3) is 5.91 Å². The SMILES string of the molecule is C[C@H](CO)N1C[C@H](C)[C@@H](CN(C)C(=O)Nc2ccc(C(F)(F)F)cc2)Oc2ccc(NC(=O)Cc3ccccc3)cc2C1=O. The Morgan fingerprint density at radius 3 is 2.34 bits per heavy atom. The zero-order valence-electron chi connectivity index (χ0n) is 24.6. The molecule has 0 spiro atoms. The van der Waals surface area contributed by atoms with Crippen LogP contribution in [-0.2, 0) is 17.4 Å². The number of aliphatic hydroxyl groups excluding tert-OH is 1. The van der Waals surface area contributed by atoms with Gasteiger partial charge in [-0.25, -0.2) is 4.79 Å². The highest BCUT2D eigenvalue weighted by atomic mass is 19.4. The molecule has 1 aliphatic heterocycles. The van der Waals surface area contributed by atoms with Gasteiger partial charge in [-0.05, 0) is 55.0 Å². The van der Waals surface area contributed by atoms with E-state index in [-0.39, 0.29) is 60.8 Å². The quantitative estimate of drug-likeness (QED) is 0.321. The molecule has 0 saturated heterocycles. The Labute approximate surface area is 253 Å². The lowest BCUT2D eigenvalue weighted by Crippen LogP contribution is -2.50. The lowest BCUT2D eigenvalue weighted by atomic mass is 9.99. The predicted molar refractivity (Wildman–Crippen MR) is 159 cm³/mol. The molecule has 234 valence electrons. The van der Waals surface area contributed by atoms with E-state index in [1.165, 1.54) is 35.0 Å². The molecule has 44 heavy (non-hydrogen) atoms. The Bertz CT molecular complexity index is 1470. The lowest BCUT2D eigenvalue weighted by Gasteiger charge is -2.38. The molecule has 0 saturated carbocycles. The summed E-state index contributed by atoms with van der Waals surface area (Å²) in [7, 11) is 1.53. The molecule has 1 heterocycles. The van der Waals surface area contributed by atoms with E-state index in [1.54, 1.807) is 19.1 Å². The molecule has 0 bridgehead atoms. The van der Waals surface area contributed by atoms with Gasteiger partial charge in [0.2, 0.25) is 5.91 Å². The van der Waals surface area contributed by atoms with Gasteiger partial charge >= 0.3 is 12.2 Å². The number of carbonyl (C=O) groups excluding carboxylic acids is 3. The summed E-state index contributed by atoms with van der Waals surface area (Å²) in [6.07, 6.45) is -4.94. The fourth-order valence-corrected chi connectivity index (χ4v) is 4.82. The summed E-state index contributed by atoms with van der Waals surface area (Å²) in [5.74, 6) is -0.672. The van der Waals surface area contributed by atoms with Gasteiger partial charge in [0.1, 0.15) is 11.9 Å². The first-order valence-electron chi connectivity index (χ1n) is 14.1. The maximum absolute atomic E-state index is 13.7. The first-order chi connectivity index (χ1) is 20.8. The van der Waals surface area contributed by atoms with Crippen molar-refractivity contribution in [2.45, 2.75) is 38.6 Å². The largest absolute Gasteiger partial charge is 0.487 e. The Hall–Kier alpha value is -4.58. The van der Waals surface area contributed by atoms with Gasteiger partial charge in [-0.1, -0.05) is 37.3 Å². The van der Waals surface area contributed by atoms with Crippen molar-refractivity contribution < 1.29 is 37.4 Å². The third-order valence-electron chi connectivity index (χ3n) is 7.42. The molecule has 0 radical (unpaired) electrons. The zero-order chi connectivity index (χ0) is 32.0. The van der Waals surface area contributed by atoms with Crippen molar-refractivity contribution in [3.8, 4) is 5.75 Å². The molecule has 1 aliphatic rings. The van der Waals surface area contributed by atoms with Gasteiger partial charge in [0.15, 0.2) is 0 Å². The summed E-state index contributed by atoms with van der Waals surface area (Å²) in [5, 5.41) is 15.3. The molecule has 0 aliphatic carbocycles. The van der Waals surface area contributed by atoms with Gasteiger partial charge in [-0.3, -0.25) is 9.59 Å². The minimum Gasteiger partial charge on any atom is -0.487 e. The molecule has 4 amide bonds. The highest BCUT2D eigenvalue weighted by Gasteiger charge is 2.34. The second-order valence-corrected chi connectivity index (χ2v) is 10.9. The van der Waals surface area contributed by atoms with Crippen molar-refractivity contribution >= 4 is 29.2 Å². The number of carbonyl (C=O) groups is 3. The van der Waals surface area contributed by atoms with E-state index in [9.17, 15) is 32.7 Å². The van der Waals surface area contributed by atoms with Crippen LogP contribution in [0.4, 0.5) is 29.3 Å². The van der Waals surface area contributed by atoms with E-state index >= 15 is 0 Å². The Morgan fingerprint density at radius 2 is 1.70 bits per heavy atom. The van der Waals surface area contributed by atoms with Crippen LogP contribution < -0.4 is 15.4 Å². The number of benzene rings is 3. The highest BCUT2D eigenvalue weighted by molar-refractivity contribution is 6.00. The number of halogens is 3. The van der Waals surface area contributed by atoms with Crippen molar-refractivity contribution in [2.75, 3.05) is 37.4 Å². The van der Waals surface area contributed by atoms with Crippen molar-refractivity contribution in [2.24, 2.45) is 5.92 Å². The number of likely N-dealkylation sites (N-methyl/N-ethyl adjacent to an activating group) is 1. The first kappa shape index (κ1) is 32.3. The van der Waals surface area contributed by atoms with Crippen LogP contribution in [0, 0.1) is 5.92 Å². The fourth-order valence-electron chi connectivity index (χ4n) is 4.82. The number of aliphatic hydroxyl groups is 1. The third kappa shape index (κ3) is 8.07. The van der Waals surface area contributed by atoms with Gasteiger partial charge in [-0.15, -0.1) is 0 Å². The summed E-state index contributed by atoms with van der Waals surface area (Å²) in [6.45, 7) is 3.60. The highest BCUT2D eigenvalue weighted by Crippen LogP contribution is 2.32. The van der Waals surface area contributed by atoms with Crippen LogP contribution in [0.1, 0.15) is 35.3 Å². The Balaban J connectivity index is 1.52. The Kier molecular flexibility index (Phi) is 10.1. The molecule has 12 heteroatoms. The third-order valence-corrected chi connectivity index (χ3v) is 7.42. The number of amides is 4. The van der Waals surface area contributed by atoms with Gasteiger partial charge < -0.3 is 30.3 Å². The number of hydrogen-bond donors (Lipinski definition) is 3. The van der Waals surface area contributed by atoms with E-state index in [2.05, 4.69) is 10.6 Å². The van der Waals surface area contributed by atoms with Gasteiger partial charge in [-0.2, -0.15) is 13.2 Å². The predicted octanol–water partition coefficient (Wildman–Crippen LogP) is 5.27. The average molecular weight is 613 g/mol. The topological polar surface area (TPSA) is 111 Å². The summed E-state index contributed by atoms with van der Waals surface area (Å²) in [6, 6.07) is 17.0. The normalized spacial score (nSPS) is 17.4. The summed E-state index contributed by atoms with van der Waals surface area (Å²) in [5.41, 5.74) is 0.798. The summed E-state index contributed by atoms with van der Waals surface area (Å²) in [4.78, 5) is 42.2. The van der Waals surface area contributed by atoms with Crippen molar-refractivity contribution in [1.29, 1.82) is 0 Å². The minimum absolute atomic E-state index is 0.0815. The lowest BCUT2D eigenvalue weighted by molar-refractivity contribution is -0.137. The van der Waals surface area contributed by atoms with Crippen molar-refractivity contribution in [3.63, 3.8) is 0 Å². The van der Waals surface area contributed by atoms with Gasteiger partial charge in [0.05, 0.1) is 36.7 Å². The molecular formula is C32H35F3N4O5. The van der Waals surface area contributed by atoms with E-state index in [0.717, 1.165) is 17.7 Å². The van der Waals surface area contributed by atoms with Crippen molar-refractivity contribution in [3.05, 3.63) is 89.5 Å². The number of nitrogens with zero attached hydrogens (tertiary/aromatic N) is 2. The maximum atomic E-state index is 13.7. The maximum Gasteiger partial charge on any atom is 0.416 e. The van der Waals surface area contributed by atoms with Gasteiger partial charge in [0, 0.05) is 30.9 Å². The minimum atomic E-state index is -4.49.